The lowest BCUT2D eigenvalue weighted by atomic mass is 10.0. The lowest BCUT2D eigenvalue weighted by Gasteiger charge is -2.29. The first-order chi connectivity index (χ1) is 17.9. The van der Waals surface area contributed by atoms with Gasteiger partial charge in [0.25, 0.3) is 5.91 Å². The summed E-state index contributed by atoms with van der Waals surface area (Å²) >= 11 is 0. The minimum atomic E-state index is -0.664. The summed E-state index contributed by atoms with van der Waals surface area (Å²) in [5.74, 6) is -1.33. The summed E-state index contributed by atoms with van der Waals surface area (Å²) in [6, 6.07) is 11.4. The van der Waals surface area contributed by atoms with Gasteiger partial charge in [0.2, 0.25) is 5.91 Å². The summed E-state index contributed by atoms with van der Waals surface area (Å²) in [6.45, 7) is 2.80. The molecule has 1 aromatic heterocycles. The van der Waals surface area contributed by atoms with Crippen molar-refractivity contribution in [1.29, 1.82) is 0 Å². The summed E-state index contributed by atoms with van der Waals surface area (Å²) in [5, 5.41) is 4.33. The van der Waals surface area contributed by atoms with Crippen LogP contribution in [0, 0.1) is 5.82 Å². The van der Waals surface area contributed by atoms with Crippen LogP contribution >= 0.6 is 0 Å². The predicted octanol–water partition coefficient (Wildman–Crippen LogP) is 3.92. The average molecular weight is 507 g/mol. The second-order valence-corrected chi connectivity index (χ2v) is 8.85. The normalized spacial score (nSPS) is 15.5. The van der Waals surface area contributed by atoms with Gasteiger partial charge in [0.05, 0.1) is 13.7 Å². The van der Waals surface area contributed by atoms with Gasteiger partial charge in [0.15, 0.2) is 11.5 Å². The standard InChI is InChI=1S/C27H27FN4O5/c1-3-37-27(35)24-20-13-15-31(18-9-7-17(8-10-18)30-14-5-4-6-23(30)33)26(34)25(20)32(29-24)22-12-11-19(36-2)16-21(22)28/h7-12,16H,3-6,13-15H2,1-2H3. The molecule has 2 aromatic carbocycles. The minimum Gasteiger partial charge on any atom is -0.497 e. The zero-order valence-corrected chi connectivity index (χ0v) is 20.7. The molecule has 0 spiro atoms. The fraction of sp³-hybridized carbons (Fsp3) is 0.333. The van der Waals surface area contributed by atoms with Crippen molar-refractivity contribution in [3.8, 4) is 11.4 Å². The molecule has 2 aliphatic rings. The number of fused-ring (bicyclic) bond motifs is 1. The van der Waals surface area contributed by atoms with Crippen LogP contribution in [0.25, 0.3) is 5.69 Å². The SMILES string of the molecule is CCOC(=O)c1nn(-c2ccc(OC)cc2F)c2c1CCN(c1ccc(N3CCCCC3=O)cc1)C2=O. The Morgan fingerprint density at radius 1 is 1.00 bits per heavy atom. The smallest absolute Gasteiger partial charge is 0.359 e. The van der Waals surface area contributed by atoms with Crippen molar-refractivity contribution in [1.82, 2.24) is 9.78 Å². The van der Waals surface area contributed by atoms with E-state index in [9.17, 15) is 14.4 Å². The first kappa shape index (κ1) is 24.5. The molecule has 10 heteroatoms. The molecule has 2 amide bonds. The summed E-state index contributed by atoms with van der Waals surface area (Å²) < 4.78 is 26.4. The second kappa shape index (κ2) is 10.0. The third kappa shape index (κ3) is 4.43. The van der Waals surface area contributed by atoms with Gasteiger partial charge in [-0.05, 0) is 62.6 Å². The van der Waals surface area contributed by atoms with E-state index in [1.165, 1.54) is 23.9 Å². The fourth-order valence-electron chi connectivity index (χ4n) is 4.82. The van der Waals surface area contributed by atoms with E-state index in [1.807, 2.05) is 12.1 Å². The number of nitrogens with zero attached hydrogens (tertiary/aromatic N) is 4. The molecule has 0 atom stereocenters. The highest BCUT2D eigenvalue weighted by molar-refractivity contribution is 6.09. The highest BCUT2D eigenvalue weighted by atomic mass is 19.1. The Kier molecular flexibility index (Phi) is 6.64. The number of anilines is 2. The van der Waals surface area contributed by atoms with Crippen LogP contribution in [-0.4, -0.2) is 54.4 Å². The topological polar surface area (TPSA) is 94.0 Å². The molecule has 192 valence electrons. The summed E-state index contributed by atoms with van der Waals surface area (Å²) in [5.41, 5.74) is 1.96. The number of aromatic nitrogens is 2. The minimum absolute atomic E-state index is 0.000901. The van der Waals surface area contributed by atoms with Gasteiger partial charge in [-0.1, -0.05) is 0 Å². The van der Waals surface area contributed by atoms with Crippen LogP contribution in [-0.2, 0) is 16.0 Å². The monoisotopic (exact) mass is 506 g/mol. The van der Waals surface area contributed by atoms with Crippen molar-refractivity contribution in [3.63, 3.8) is 0 Å². The molecule has 0 N–H and O–H groups in total. The quantitative estimate of drug-likeness (QED) is 0.471. The summed E-state index contributed by atoms with van der Waals surface area (Å²) in [6.07, 6.45) is 2.72. The van der Waals surface area contributed by atoms with E-state index in [2.05, 4.69) is 5.10 Å². The number of amides is 2. The van der Waals surface area contributed by atoms with E-state index in [0.717, 1.165) is 18.5 Å². The number of carbonyl (C=O) groups excluding carboxylic acids is 3. The molecule has 9 nitrogen and oxygen atoms in total. The Morgan fingerprint density at radius 2 is 1.73 bits per heavy atom. The van der Waals surface area contributed by atoms with Crippen LogP contribution in [0.5, 0.6) is 5.75 Å². The third-order valence-corrected chi connectivity index (χ3v) is 6.66. The molecule has 3 heterocycles. The molecule has 0 bridgehead atoms. The zero-order chi connectivity index (χ0) is 26.1. The number of rotatable bonds is 6. The maximum Gasteiger partial charge on any atom is 0.359 e. The van der Waals surface area contributed by atoms with E-state index in [-0.39, 0.29) is 29.6 Å². The molecule has 2 aliphatic heterocycles. The number of piperidine rings is 1. The molecule has 0 unspecified atom stereocenters. The number of benzene rings is 2. The number of ether oxygens (including phenoxy) is 2. The molecule has 5 rings (SSSR count). The third-order valence-electron chi connectivity index (χ3n) is 6.66. The van der Waals surface area contributed by atoms with Crippen molar-refractivity contribution in [3.05, 3.63) is 65.2 Å². The Labute approximate surface area is 213 Å². The van der Waals surface area contributed by atoms with Gasteiger partial charge in [-0.25, -0.2) is 13.9 Å². The van der Waals surface area contributed by atoms with Gasteiger partial charge in [-0.15, -0.1) is 0 Å². The molecular weight excluding hydrogens is 479 g/mol. The van der Waals surface area contributed by atoms with Gasteiger partial charge < -0.3 is 19.3 Å². The van der Waals surface area contributed by atoms with Crippen molar-refractivity contribution in [2.75, 3.05) is 36.6 Å². The molecule has 0 aliphatic carbocycles. The summed E-state index contributed by atoms with van der Waals surface area (Å²) in [4.78, 5) is 42.0. The molecule has 3 aromatic rings. The molecule has 0 saturated carbocycles. The Bertz CT molecular complexity index is 1370. The van der Waals surface area contributed by atoms with Gasteiger partial charge in [0.1, 0.15) is 17.1 Å². The van der Waals surface area contributed by atoms with Crippen LogP contribution in [0.4, 0.5) is 15.8 Å². The van der Waals surface area contributed by atoms with Crippen molar-refractivity contribution < 1.29 is 28.2 Å². The van der Waals surface area contributed by atoms with E-state index in [1.54, 1.807) is 34.9 Å². The largest absolute Gasteiger partial charge is 0.497 e. The molecule has 0 radical (unpaired) electrons. The van der Waals surface area contributed by atoms with Crippen LogP contribution in [0.2, 0.25) is 0 Å². The van der Waals surface area contributed by atoms with E-state index < -0.39 is 17.7 Å². The van der Waals surface area contributed by atoms with Gasteiger partial charge in [0, 0.05) is 42.5 Å². The maximum absolute atomic E-state index is 15.0. The Hall–Kier alpha value is -4.21. The highest BCUT2D eigenvalue weighted by Crippen LogP contribution is 2.32. The van der Waals surface area contributed by atoms with Crippen molar-refractivity contribution in [2.45, 2.75) is 32.6 Å². The van der Waals surface area contributed by atoms with Crippen molar-refractivity contribution >= 4 is 29.2 Å². The van der Waals surface area contributed by atoms with Crippen LogP contribution < -0.4 is 14.5 Å². The summed E-state index contributed by atoms with van der Waals surface area (Å²) in [7, 11) is 1.43. The number of halogens is 1. The fourth-order valence-corrected chi connectivity index (χ4v) is 4.82. The van der Waals surface area contributed by atoms with Gasteiger partial charge in [-0.2, -0.15) is 5.10 Å². The highest BCUT2D eigenvalue weighted by Gasteiger charge is 2.36. The molecule has 1 saturated heterocycles. The van der Waals surface area contributed by atoms with E-state index >= 15 is 4.39 Å². The Morgan fingerprint density at radius 3 is 2.38 bits per heavy atom. The van der Waals surface area contributed by atoms with Gasteiger partial charge in [-0.3, -0.25) is 9.59 Å². The van der Waals surface area contributed by atoms with Crippen molar-refractivity contribution in [2.24, 2.45) is 0 Å². The number of hydrogen-bond acceptors (Lipinski definition) is 6. The lowest BCUT2D eigenvalue weighted by molar-refractivity contribution is -0.119. The predicted molar refractivity (Wildman–Crippen MR) is 134 cm³/mol. The van der Waals surface area contributed by atoms with E-state index in [4.69, 9.17) is 9.47 Å². The first-order valence-corrected chi connectivity index (χ1v) is 12.3. The maximum atomic E-state index is 15.0. The van der Waals surface area contributed by atoms with E-state index in [0.29, 0.717) is 42.9 Å². The lowest BCUT2D eigenvalue weighted by Crippen LogP contribution is -2.39. The number of methoxy groups -OCH3 is 1. The Balaban J connectivity index is 1.53. The van der Waals surface area contributed by atoms with Crippen LogP contribution in [0.15, 0.2) is 42.5 Å². The average Bonchev–Trinajstić information content (AvgIpc) is 3.30. The first-order valence-electron chi connectivity index (χ1n) is 12.3. The van der Waals surface area contributed by atoms with Gasteiger partial charge >= 0.3 is 5.97 Å². The number of carbonyl (C=O) groups is 3. The zero-order valence-electron chi connectivity index (χ0n) is 20.7. The second-order valence-electron chi connectivity index (χ2n) is 8.85. The van der Waals surface area contributed by atoms with Crippen LogP contribution in [0.1, 0.15) is 52.7 Å². The van der Waals surface area contributed by atoms with Crippen LogP contribution in [0.3, 0.4) is 0 Å². The number of esters is 1. The molecular formula is C27H27FN4O5. The molecule has 37 heavy (non-hydrogen) atoms. The molecule has 1 fully saturated rings. The number of hydrogen-bond donors (Lipinski definition) is 0.